The van der Waals surface area contributed by atoms with Gasteiger partial charge in [0.25, 0.3) is 0 Å². The molecule has 0 saturated carbocycles. The van der Waals surface area contributed by atoms with Gasteiger partial charge in [0.2, 0.25) is 0 Å². The Bertz CT molecular complexity index is 595. The zero-order valence-corrected chi connectivity index (χ0v) is 12.5. The van der Waals surface area contributed by atoms with Gasteiger partial charge in [0.05, 0.1) is 23.6 Å². The number of benzene rings is 1. The van der Waals surface area contributed by atoms with E-state index in [-0.39, 0.29) is 6.04 Å². The fourth-order valence-electron chi connectivity index (χ4n) is 2.15. The van der Waals surface area contributed by atoms with Crippen molar-refractivity contribution in [2.75, 3.05) is 13.7 Å². The van der Waals surface area contributed by atoms with E-state index in [0.717, 1.165) is 10.9 Å². The summed E-state index contributed by atoms with van der Waals surface area (Å²) in [6.07, 6.45) is -4.34. The first kappa shape index (κ1) is 15.9. The van der Waals surface area contributed by atoms with Crippen molar-refractivity contribution in [3.8, 4) is 5.75 Å². The van der Waals surface area contributed by atoms with E-state index in [9.17, 15) is 13.2 Å². The highest BCUT2D eigenvalue weighted by Gasteiger charge is 2.31. The van der Waals surface area contributed by atoms with Crippen molar-refractivity contribution in [2.45, 2.75) is 19.1 Å². The first-order valence-electron chi connectivity index (χ1n) is 6.49. The molecule has 0 amide bonds. The standard InChI is InChI=1S/C15H16F3NOS/c1-3-19-13(14-12(20-2)7-8-21-14)10-5-4-6-11(9-10)15(16,17)18/h4-9,13,19H,3H2,1-2H3. The Morgan fingerprint density at radius 2 is 2.05 bits per heavy atom. The third kappa shape index (κ3) is 3.57. The molecule has 0 radical (unpaired) electrons. The van der Waals surface area contributed by atoms with Gasteiger partial charge in [-0.2, -0.15) is 13.2 Å². The van der Waals surface area contributed by atoms with Crippen LogP contribution in [0.5, 0.6) is 5.75 Å². The molecular formula is C15H16F3NOS. The summed E-state index contributed by atoms with van der Waals surface area (Å²) in [5, 5.41) is 5.08. The second-order valence-corrected chi connectivity index (χ2v) is 5.41. The lowest BCUT2D eigenvalue weighted by atomic mass is 10.0. The smallest absolute Gasteiger partial charge is 0.416 e. The van der Waals surface area contributed by atoms with Crippen molar-refractivity contribution >= 4 is 11.3 Å². The van der Waals surface area contributed by atoms with Gasteiger partial charge in [-0.3, -0.25) is 0 Å². The maximum Gasteiger partial charge on any atom is 0.416 e. The molecule has 2 nitrogen and oxygen atoms in total. The maximum atomic E-state index is 12.9. The van der Waals surface area contributed by atoms with Crippen LogP contribution in [0.25, 0.3) is 0 Å². The third-order valence-electron chi connectivity index (χ3n) is 3.09. The van der Waals surface area contributed by atoms with Crippen molar-refractivity contribution in [2.24, 2.45) is 0 Å². The van der Waals surface area contributed by atoms with Crippen LogP contribution < -0.4 is 10.1 Å². The topological polar surface area (TPSA) is 21.3 Å². The van der Waals surface area contributed by atoms with Gasteiger partial charge in [0, 0.05) is 0 Å². The van der Waals surface area contributed by atoms with E-state index < -0.39 is 11.7 Å². The Morgan fingerprint density at radius 3 is 2.67 bits per heavy atom. The third-order valence-corrected chi connectivity index (χ3v) is 4.06. The molecule has 0 spiro atoms. The Labute approximate surface area is 125 Å². The minimum Gasteiger partial charge on any atom is -0.496 e. The van der Waals surface area contributed by atoms with Gasteiger partial charge in [0.1, 0.15) is 5.75 Å². The number of hydrogen-bond acceptors (Lipinski definition) is 3. The largest absolute Gasteiger partial charge is 0.496 e. The first-order chi connectivity index (χ1) is 9.97. The Morgan fingerprint density at radius 1 is 1.29 bits per heavy atom. The van der Waals surface area contributed by atoms with Crippen molar-refractivity contribution in [1.82, 2.24) is 5.32 Å². The van der Waals surface area contributed by atoms with Crippen LogP contribution in [0.3, 0.4) is 0 Å². The lowest BCUT2D eigenvalue weighted by Gasteiger charge is -2.19. The summed E-state index contributed by atoms with van der Waals surface area (Å²) in [5.74, 6) is 0.684. The van der Waals surface area contributed by atoms with Crippen LogP contribution in [-0.4, -0.2) is 13.7 Å². The molecule has 0 fully saturated rings. The highest BCUT2D eigenvalue weighted by atomic mass is 32.1. The highest BCUT2D eigenvalue weighted by Crippen LogP contribution is 2.37. The minimum atomic E-state index is -4.34. The number of rotatable bonds is 5. The molecule has 0 saturated heterocycles. The van der Waals surface area contributed by atoms with Gasteiger partial charge < -0.3 is 10.1 Å². The maximum absolute atomic E-state index is 12.9. The molecule has 1 unspecified atom stereocenters. The van der Waals surface area contributed by atoms with Crippen LogP contribution in [0.4, 0.5) is 13.2 Å². The summed E-state index contributed by atoms with van der Waals surface area (Å²) in [5.41, 5.74) is -0.0640. The molecular weight excluding hydrogens is 299 g/mol. The number of halogens is 3. The number of nitrogens with one attached hydrogen (secondary N) is 1. The van der Waals surface area contributed by atoms with Crippen LogP contribution >= 0.6 is 11.3 Å². The lowest BCUT2D eigenvalue weighted by Crippen LogP contribution is -2.22. The molecule has 0 aliphatic heterocycles. The lowest BCUT2D eigenvalue weighted by molar-refractivity contribution is -0.137. The molecule has 114 valence electrons. The summed E-state index contributed by atoms with van der Waals surface area (Å²) < 4.78 is 43.9. The first-order valence-corrected chi connectivity index (χ1v) is 7.37. The molecule has 6 heteroatoms. The zero-order valence-electron chi connectivity index (χ0n) is 11.7. The molecule has 1 heterocycles. The minimum absolute atomic E-state index is 0.313. The van der Waals surface area contributed by atoms with E-state index in [1.54, 1.807) is 13.2 Å². The van der Waals surface area contributed by atoms with Gasteiger partial charge in [0.15, 0.2) is 0 Å². The van der Waals surface area contributed by atoms with Gasteiger partial charge >= 0.3 is 6.18 Å². The molecule has 2 aromatic rings. The van der Waals surface area contributed by atoms with Crippen LogP contribution in [0.15, 0.2) is 35.7 Å². The summed E-state index contributed by atoms with van der Waals surface area (Å²) in [7, 11) is 1.56. The number of thiophene rings is 1. The summed E-state index contributed by atoms with van der Waals surface area (Å²) in [4.78, 5) is 0.874. The molecule has 0 aliphatic carbocycles. The van der Waals surface area contributed by atoms with Gasteiger partial charge in [-0.25, -0.2) is 0 Å². The van der Waals surface area contributed by atoms with Crippen molar-refractivity contribution < 1.29 is 17.9 Å². The second-order valence-electron chi connectivity index (χ2n) is 4.47. The molecule has 1 aromatic carbocycles. The molecule has 2 rings (SSSR count). The molecule has 0 bridgehead atoms. The highest BCUT2D eigenvalue weighted by molar-refractivity contribution is 7.10. The fourth-order valence-corrected chi connectivity index (χ4v) is 3.11. The average Bonchev–Trinajstić information content (AvgIpc) is 2.92. The fraction of sp³-hybridized carbons (Fsp3) is 0.333. The summed E-state index contributed by atoms with van der Waals surface area (Å²) in [6, 6.07) is 6.90. The van der Waals surface area contributed by atoms with E-state index in [1.807, 2.05) is 18.4 Å². The van der Waals surface area contributed by atoms with E-state index in [4.69, 9.17) is 4.74 Å². The normalized spacial score (nSPS) is 13.2. The SMILES string of the molecule is CCNC(c1cccc(C(F)(F)F)c1)c1sccc1OC. The Hall–Kier alpha value is -1.53. The van der Waals surface area contributed by atoms with Gasteiger partial charge in [-0.1, -0.05) is 19.1 Å². The number of ether oxygens (including phenoxy) is 1. The van der Waals surface area contributed by atoms with E-state index >= 15 is 0 Å². The van der Waals surface area contributed by atoms with Crippen molar-refractivity contribution in [1.29, 1.82) is 0 Å². The number of methoxy groups -OCH3 is 1. The van der Waals surface area contributed by atoms with Crippen molar-refractivity contribution in [3.63, 3.8) is 0 Å². The van der Waals surface area contributed by atoms with E-state index in [0.29, 0.717) is 17.9 Å². The molecule has 1 aromatic heterocycles. The van der Waals surface area contributed by atoms with Gasteiger partial charge in [-0.05, 0) is 35.7 Å². The monoisotopic (exact) mass is 315 g/mol. The molecule has 1 atom stereocenters. The van der Waals surface area contributed by atoms with Gasteiger partial charge in [-0.15, -0.1) is 11.3 Å². The summed E-state index contributed by atoms with van der Waals surface area (Å²) in [6.45, 7) is 2.56. The second kappa shape index (κ2) is 6.49. The van der Waals surface area contributed by atoms with Crippen molar-refractivity contribution in [3.05, 3.63) is 51.7 Å². The Balaban J connectivity index is 2.44. The Kier molecular flexibility index (Phi) is 4.90. The van der Waals surface area contributed by atoms with Crippen LogP contribution in [-0.2, 0) is 6.18 Å². The quantitative estimate of drug-likeness (QED) is 0.878. The molecule has 21 heavy (non-hydrogen) atoms. The van der Waals surface area contributed by atoms with E-state index in [1.165, 1.54) is 23.5 Å². The average molecular weight is 315 g/mol. The van der Waals surface area contributed by atoms with Crippen LogP contribution in [0.1, 0.15) is 29.0 Å². The zero-order chi connectivity index (χ0) is 15.5. The molecule has 1 N–H and O–H groups in total. The predicted molar refractivity (Wildman–Crippen MR) is 77.8 cm³/mol. The van der Waals surface area contributed by atoms with Crippen LogP contribution in [0, 0.1) is 0 Å². The number of alkyl halides is 3. The molecule has 0 aliphatic rings. The summed E-state index contributed by atoms with van der Waals surface area (Å²) >= 11 is 1.46. The van der Waals surface area contributed by atoms with E-state index in [2.05, 4.69) is 5.32 Å². The predicted octanol–water partition coefficient (Wildman–Crippen LogP) is 4.47. The number of hydrogen-bond donors (Lipinski definition) is 1. The van der Waals surface area contributed by atoms with Crippen LogP contribution in [0.2, 0.25) is 0 Å².